The van der Waals surface area contributed by atoms with Crippen LogP contribution in [0, 0.1) is 0 Å². The summed E-state index contributed by atoms with van der Waals surface area (Å²) in [6, 6.07) is -0.636. The Hall–Kier alpha value is -1.39. The van der Waals surface area contributed by atoms with Gasteiger partial charge in [0.2, 0.25) is 5.91 Å². The average Bonchev–Trinajstić information content (AvgIpc) is 3.12. The molecule has 0 aliphatic carbocycles. The zero-order chi connectivity index (χ0) is 36.4. The molecule has 0 fully saturated rings. The molecule has 0 bridgehead atoms. The molecule has 0 radical (unpaired) electrons. The lowest BCUT2D eigenvalue weighted by molar-refractivity contribution is -0.123. The lowest BCUT2D eigenvalue weighted by Gasteiger charge is -2.19. The first kappa shape index (κ1) is 48.6. The van der Waals surface area contributed by atoms with Crippen LogP contribution < -0.4 is 5.32 Å². The fraction of sp³-hybridized carbons (Fsp3) is 0.848. The second kappa shape index (κ2) is 42.0. The SMILES string of the molecule is CCCCCCC/C=C/CC/C=C/C(O)C(CO)NC(=O)CCCCCCCCCCCCC/C=C\CCCCCCCCCCCCCC. The number of rotatable bonds is 40. The number of hydrogen-bond acceptors (Lipinski definition) is 3. The lowest BCUT2D eigenvalue weighted by Crippen LogP contribution is -2.45. The van der Waals surface area contributed by atoms with E-state index in [1.807, 2.05) is 6.08 Å². The van der Waals surface area contributed by atoms with Gasteiger partial charge in [0.1, 0.15) is 0 Å². The summed E-state index contributed by atoms with van der Waals surface area (Å²) >= 11 is 0. The van der Waals surface area contributed by atoms with Gasteiger partial charge in [-0.2, -0.15) is 0 Å². The third-order valence-corrected chi connectivity index (χ3v) is 10.1. The number of aliphatic hydroxyl groups is 2. The Labute approximate surface area is 312 Å². The van der Waals surface area contributed by atoms with Crippen molar-refractivity contribution in [3.63, 3.8) is 0 Å². The van der Waals surface area contributed by atoms with Crippen LogP contribution in [-0.4, -0.2) is 34.9 Å². The summed E-state index contributed by atoms with van der Waals surface area (Å²) in [5.74, 6) is -0.0755. The van der Waals surface area contributed by atoms with Crippen molar-refractivity contribution in [2.75, 3.05) is 6.61 Å². The average molecular weight is 702 g/mol. The molecule has 0 saturated heterocycles. The van der Waals surface area contributed by atoms with Crippen LogP contribution in [0.3, 0.4) is 0 Å². The molecular formula is C46H87NO3. The highest BCUT2D eigenvalue weighted by atomic mass is 16.3. The minimum absolute atomic E-state index is 0.0755. The molecule has 4 heteroatoms. The number of nitrogens with one attached hydrogen (secondary N) is 1. The molecule has 0 aliphatic rings. The lowest BCUT2D eigenvalue weighted by atomic mass is 10.0. The van der Waals surface area contributed by atoms with Gasteiger partial charge in [-0.25, -0.2) is 0 Å². The van der Waals surface area contributed by atoms with Gasteiger partial charge in [-0.1, -0.05) is 204 Å². The number of allylic oxidation sites excluding steroid dienone is 5. The Kier molecular flexibility index (Phi) is 40.9. The molecule has 0 aliphatic heterocycles. The van der Waals surface area contributed by atoms with Gasteiger partial charge in [-0.05, 0) is 57.8 Å². The van der Waals surface area contributed by atoms with Crippen LogP contribution in [0.1, 0.15) is 232 Å². The molecule has 2 atom stereocenters. The molecule has 0 heterocycles. The van der Waals surface area contributed by atoms with Crippen LogP contribution in [-0.2, 0) is 4.79 Å². The Morgan fingerprint density at radius 2 is 0.780 bits per heavy atom. The Morgan fingerprint density at radius 1 is 0.460 bits per heavy atom. The fourth-order valence-electron chi connectivity index (χ4n) is 6.66. The molecule has 0 spiro atoms. The highest BCUT2D eigenvalue weighted by Gasteiger charge is 2.17. The van der Waals surface area contributed by atoms with Crippen molar-refractivity contribution in [3.8, 4) is 0 Å². The van der Waals surface area contributed by atoms with E-state index in [2.05, 4.69) is 43.5 Å². The van der Waals surface area contributed by atoms with Crippen LogP contribution in [0.2, 0.25) is 0 Å². The monoisotopic (exact) mass is 702 g/mol. The largest absolute Gasteiger partial charge is 0.394 e. The van der Waals surface area contributed by atoms with Crippen LogP contribution in [0.25, 0.3) is 0 Å². The highest BCUT2D eigenvalue weighted by molar-refractivity contribution is 5.76. The number of aliphatic hydroxyl groups excluding tert-OH is 2. The van der Waals surface area contributed by atoms with Crippen LogP contribution in [0.15, 0.2) is 36.5 Å². The minimum Gasteiger partial charge on any atom is -0.394 e. The number of hydrogen-bond donors (Lipinski definition) is 3. The molecular weight excluding hydrogens is 615 g/mol. The molecule has 50 heavy (non-hydrogen) atoms. The van der Waals surface area contributed by atoms with Crippen molar-refractivity contribution in [2.24, 2.45) is 0 Å². The van der Waals surface area contributed by atoms with Crippen molar-refractivity contribution >= 4 is 5.91 Å². The molecule has 0 rings (SSSR count). The van der Waals surface area contributed by atoms with E-state index in [1.165, 1.54) is 180 Å². The summed E-state index contributed by atoms with van der Waals surface area (Å²) in [6.07, 6.45) is 55.5. The summed E-state index contributed by atoms with van der Waals surface area (Å²) in [5.41, 5.74) is 0. The topological polar surface area (TPSA) is 69.6 Å². The van der Waals surface area contributed by atoms with Crippen molar-refractivity contribution in [3.05, 3.63) is 36.5 Å². The predicted octanol–water partition coefficient (Wildman–Crippen LogP) is 13.8. The van der Waals surface area contributed by atoms with Crippen molar-refractivity contribution in [2.45, 2.75) is 244 Å². The van der Waals surface area contributed by atoms with Crippen molar-refractivity contribution in [1.29, 1.82) is 0 Å². The van der Waals surface area contributed by atoms with Gasteiger partial charge in [-0.15, -0.1) is 0 Å². The van der Waals surface area contributed by atoms with E-state index in [4.69, 9.17) is 0 Å². The van der Waals surface area contributed by atoms with E-state index in [0.29, 0.717) is 6.42 Å². The van der Waals surface area contributed by atoms with E-state index in [-0.39, 0.29) is 12.5 Å². The fourth-order valence-corrected chi connectivity index (χ4v) is 6.66. The first-order chi connectivity index (χ1) is 24.7. The third-order valence-electron chi connectivity index (χ3n) is 10.1. The molecule has 0 aromatic carbocycles. The smallest absolute Gasteiger partial charge is 0.220 e. The maximum absolute atomic E-state index is 12.3. The highest BCUT2D eigenvalue weighted by Crippen LogP contribution is 2.15. The zero-order valence-electron chi connectivity index (χ0n) is 33.7. The molecule has 0 aromatic rings. The molecule has 2 unspecified atom stereocenters. The number of carbonyl (C=O) groups is 1. The van der Waals surface area contributed by atoms with Crippen LogP contribution >= 0.6 is 0 Å². The molecule has 4 nitrogen and oxygen atoms in total. The molecule has 3 N–H and O–H groups in total. The quantitative estimate of drug-likeness (QED) is 0.0440. The maximum atomic E-state index is 12.3. The predicted molar refractivity (Wildman–Crippen MR) is 221 cm³/mol. The van der Waals surface area contributed by atoms with Gasteiger partial charge in [0.15, 0.2) is 0 Å². The van der Waals surface area contributed by atoms with Gasteiger partial charge in [0.05, 0.1) is 18.8 Å². The second-order valence-electron chi connectivity index (χ2n) is 15.1. The van der Waals surface area contributed by atoms with Crippen molar-refractivity contribution < 1.29 is 15.0 Å². The minimum atomic E-state index is -0.859. The van der Waals surface area contributed by atoms with Crippen LogP contribution in [0.5, 0.6) is 0 Å². The van der Waals surface area contributed by atoms with Gasteiger partial charge in [0.25, 0.3) is 0 Å². The summed E-state index contributed by atoms with van der Waals surface area (Å²) in [4.78, 5) is 12.3. The van der Waals surface area contributed by atoms with Crippen LogP contribution in [0.4, 0.5) is 0 Å². The van der Waals surface area contributed by atoms with Gasteiger partial charge >= 0.3 is 0 Å². The molecule has 0 saturated carbocycles. The maximum Gasteiger partial charge on any atom is 0.220 e. The van der Waals surface area contributed by atoms with Crippen molar-refractivity contribution in [1.82, 2.24) is 5.32 Å². The number of carbonyl (C=O) groups excluding carboxylic acids is 1. The standard InChI is InChI=1S/C46H87NO3/c1-3-5-7-9-11-13-15-16-17-18-19-20-21-22-23-24-25-26-27-28-29-30-32-34-36-38-40-42-46(50)47-44(43-48)45(49)41-39-37-35-33-31-14-12-10-8-6-4-2/h22-23,31,33,39,41,44-45,48-49H,3-21,24-30,32,34-38,40,42-43H2,1-2H3,(H,47,50)/b23-22-,33-31+,41-39+. The Morgan fingerprint density at radius 3 is 1.16 bits per heavy atom. The summed E-state index contributed by atoms with van der Waals surface area (Å²) < 4.78 is 0. The molecule has 294 valence electrons. The third kappa shape index (κ3) is 37.9. The van der Waals surface area contributed by atoms with Gasteiger partial charge < -0.3 is 15.5 Å². The van der Waals surface area contributed by atoms with E-state index in [1.54, 1.807) is 6.08 Å². The summed E-state index contributed by atoms with van der Waals surface area (Å²) in [5, 5.41) is 22.9. The molecule has 1 amide bonds. The van der Waals surface area contributed by atoms with E-state index in [9.17, 15) is 15.0 Å². The Bertz CT molecular complexity index is 760. The second-order valence-corrected chi connectivity index (χ2v) is 15.1. The normalized spacial score (nSPS) is 13.3. The first-order valence-corrected chi connectivity index (χ1v) is 22.2. The first-order valence-electron chi connectivity index (χ1n) is 22.2. The zero-order valence-corrected chi connectivity index (χ0v) is 33.7. The van der Waals surface area contributed by atoms with Gasteiger partial charge in [0, 0.05) is 6.42 Å². The van der Waals surface area contributed by atoms with Gasteiger partial charge in [-0.3, -0.25) is 4.79 Å². The van der Waals surface area contributed by atoms with E-state index < -0.39 is 12.1 Å². The summed E-state index contributed by atoms with van der Waals surface area (Å²) in [6.45, 7) is 4.28. The molecule has 0 aromatic heterocycles. The Balaban J connectivity index is 3.50. The number of amides is 1. The van der Waals surface area contributed by atoms with E-state index >= 15 is 0 Å². The number of unbranched alkanes of at least 4 members (excludes halogenated alkanes) is 29. The summed E-state index contributed by atoms with van der Waals surface area (Å²) in [7, 11) is 0. The van der Waals surface area contributed by atoms with E-state index in [0.717, 1.165) is 32.1 Å².